The number of halogens is 2. The van der Waals surface area contributed by atoms with Gasteiger partial charge in [-0.3, -0.25) is 0 Å². The van der Waals surface area contributed by atoms with E-state index in [9.17, 15) is 0 Å². The number of rotatable bonds is 6. The lowest BCUT2D eigenvalue weighted by Crippen LogP contribution is -2.30. The maximum absolute atomic E-state index is 6.18. The molecule has 7 rings (SSSR count). The van der Waals surface area contributed by atoms with E-state index < -0.39 is 0 Å². The van der Waals surface area contributed by atoms with Crippen LogP contribution in [0.1, 0.15) is 57.3 Å². The van der Waals surface area contributed by atoms with E-state index in [2.05, 4.69) is 104 Å². The third-order valence-corrected chi connectivity index (χ3v) is 11.2. The predicted octanol–water partition coefficient (Wildman–Crippen LogP) is 8.51. The minimum absolute atomic E-state index is 0.695. The van der Waals surface area contributed by atoms with Crippen LogP contribution >= 0.6 is 23.2 Å². The van der Waals surface area contributed by atoms with Crippen molar-refractivity contribution in [2.45, 2.75) is 64.7 Å². The van der Waals surface area contributed by atoms with Crippen molar-refractivity contribution in [2.24, 2.45) is 0 Å². The molecule has 6 nitrogen and oxygen atoms in total. The summed E-state index contributed by atoms with van der Waals surface area (Å²) >= 11 is 12.4. The van der Waals surface area contributed by atoms with Crippen LogP contribution in [0.4, 0.5) is 22.7 Å². The second-order valence-electron chi connectivity index (χ2n) is 14.1. The highest BCUT2D eigenvalue weighted by Gasteiger charge is 2.16. The number of anilines is 4. The Balaban J connectivity index is 1.15. The SMILES string of the molecule is ClCCCN1CCc2ccc3c(c2)CNc2cc(ccc2CN3)CCN(CCCCl)CCc2ccc3c(c2)NCc2cc(ccc2NC3)CC1. The Labute approximate surface area is 308 Å². The summed E-state index contributed by atoms with van der Waals surface area (Å²) in [4.78, 5) is 5.19. The monoisotopic (exact) mass is 710 g/mol. The standard InChI is InChI=1S/C42H52Cl2N6/c43-15-1-17-49-19-11-31-5-9-39-37(23-31)29-47-41-25-33(3-7-35(41)27-45-39)13-21-50(18-2-16-44)22-14-34-4-8-36-28-46-40-10-6-32(12-20-49)24-38(40)30-48-42(36)26-34/h3-10,23-26,45-48H,1-2,11-22,27-30H2. The van der Waals surface area contributed by atoms with E-state index in [4.69, 9.17) is 23.2 Å². The minimum atomic E-state index is 0.695. The normalized spacial score (nSPS) is 17.0. The molecule has 4 aromatic rings. The molecule has 4 N–H and O–H groups in total. The van der Waals surface area contributed by atoms with Crippen LogP contribution in [0.15, 0.2) is 72.8 Å². The second kappa shape index (κ2) is 17.2. The van der Waals surface area contributed by atoms with Gasteiger partial charge in [-0.25, -0.2) is 0 Å². The zero-order valence-corrected chi connectivity index (χ0v) is 30.8. The summed E-state index contributed by atoms with van der Waals surface area (Å²) in [5.41, 5.74) is 15.8. The van der Waals surface area contributed by atoms with E-state index in [0.29, 0.717) is 11.8 Å². The molecule has 0 aliphatic carbocycles. The lowest BCUT2D eigenvalue weighted by molar-refractivity contribution is 0.281. The van der Waals surface area contributed by atoms with Crippen molar-refractivity contribution < 1.29 is 0 Å². The molecule has 0 atom stereocenters. The smallest absolute Gasteiger partial charge is 0.0421 e. The molecular weight excluding hydrogens is 659 g/mol. The molecule has 0 amide bonds. The summed E-state index contributed by atoms with van der Waals surface area (Å²) < 4.78 is 0. The van der Waals surface area contributed by atoms with Crippen LogP contribution in [0, 0.1) is 0 Å². The Morgan fingerprint density at radius 2 is 0.780 bits per heavy atom. The van der Waals surface area contributed by atoms with E-state index >= 15 is 0 Å². The average Bonchev–Trinajstić information content (AvgIpc) is 3.13. The van der Waals surface area contributed by atoms with E-state index in [-0.39, 0.29) is 0 Å². The first-order chi connectivity index (χ1) is 24.6. The van der Waals surface area contributed by atoms with Gasteiger partial charge < -0.3 is 31.1 Å². The Morgan fingerprint density at radius 3 is 1.20 bits per heavy atom. The van der Waals surface area contributed by atoms with Crippen molar-refractivity contribution in [3.63, 3.8) is 0 Å². The number of hydrogen-bond donors (Lipinski definition) is 4. The molecule has 0 unspecified atom stereocenters. The molecule has 3 aliphatic heterocycles. The lowest BCUT2D eigenvalue weighted by atomic mass is 10.0. The number of hydrogen-bond acceptors (Lipinski definition) is 6. The van der Waals surface area contributed by atoms with E-state index in [1.165, 1.54) is 67.3 Å². The Hall–Kier alpha value is -3.42. The Kier molecular flexibility index (Phi) is 12.0. The zero-order chi connectivity index (χ0) is 34.1. The van der Waals surface area contributed by atoms with Gasteiger partial charge in [0.2, 0.25) is 0 Å². The Morgan fingerprint density at radius 1 is 0.420 bits per heavy atom. The number of nitrogens with zero attached hydrogens (tertiary/aromatic N) is 2. The van der Waals surface area contributed by atoms with E-state index in [1.807, 2.05) is 0 Å². The van der Waals surface area contributed by atoms with Gasteiger partial charge in [0, 0.05) is 86.9 Å². The van der Waals surface area contributed by atoms with Crippen LogP contribution in [-0.2, 0) is 51.9 Å². The molecule has 0 saturated carbocycles. The fourth-order valence-corrected chi connectivity index (χ4v) is 7.83. The maximum atomic E-state index is 6.18. The summed E-state index contributed by atoms with van der Waals surface area (Å²) in [5.74, 6) is 1.39. The summed E-state index contributed by atoms with van der Waals surface area (Å²) in [6.45, 7) is 9.40. The molecular formula is C42H52Cl2N6. The molecule has 3 aliphatic rings. The third kappa shape index (κ3) is 9.08. The second-order valence-corrected chi connectivity index (χ2v) is 14.9. The van der Waals surface area contributed by atoms with E-state index in [1.54, 1.807) is 0 Å². The van der Waals surface area contributed by atoms with Gasteiger partial charge in [-0.15, -0.1) is 23.2 Å². The molecule has 264 valence electrons. The predicted molar refractivity (Wildman–Crippen MR) is 213 cm³/mol. The maximum Gasteiger partial charge on any atom is 0.0421 e. The van der Waals surface area contributed by atoms with Gasteiger partial charge in [0.05, 0.1) is 0 Å². The molecule has 3 heterocycles. The molecule has 0 spiro atoms. The van der Waals surface area contributed by atoms with Crippen LogP contribution in [0.5, 0.6) is 0 Å². The Bertz CT molecular complexity index is 1500. The van der Waals surface area contributed by atoms with Gasteiger partial charge in [-0.1, -0.05) is 48.5 Å². The van der Waals surface area contributed by atoms with Gasteiger partial charge in [-0.2, -0.15) is 0 Å². The van der Waals surface area contributed by atoms with Crippen LogP contribution in [0.3, 0.4) is 0 Å². The van der Waals surface area contributed by atoms with Gasteiger partial charge in [0.15, 0.2) is 0 Å². The summed E-state index contributed by atoms with van der Waals surface area (Å²) in [6.07, 6.45) is 6.09. The molecule has 8 bridgehead atoms. The van der Waals surface area contributed by atoms with Crippen molar-refractivity contribution in [1.82, 2.24) is 9.80 Å². The largest absolute Gasteiger partial charge is 0.381 e. The molecule has 0 aromatic heterocycles. The summed E-state index contributed by atoms with van der Waals surface area (Å²) in [5, 5.41) is 15.1. The highest BCUT2D eigenvalue weighted by Crippen LogP contribution is 2.29. The van der Waals surface area contributed by atoms with Crippen LogP contribution in [0.2, 0.25) is 0 Å². The van der Waals surface area contributed by atoms with Crippen LogP contribution < -0.4 is 21.3 Å². The summed E-state index contributed by atoms with van der Waals surface area (Å²) in [7, 11) is 0. The fraction of sp³-hybridized carbons (Fsp3) is 0.429. The van der Waals surface area contributed by atoms with Crippen molar-refractivity contribution in [2.75, 3.05) is 72.3 Å². The lowest BCUT2D eigenvalue weighted by Gasteiger charge is -2.25. The zero-order valence-electron chi connectivity index (χ0n) is 29.3. The molecule has 4 aromatic carbocycles. The van der Waals surface area contributed by atoms with Crippen molar-refractivity contribution in [3.8, 4) is 0 Å². The number of nitrogens with one attached hydrogen (secondary N) is 4. The molecule has 0 radical (unpaired) electrons. The van der Waals surface area contributed by atoms with Crippen molar-refractivity contribution >= 4 is 46.0 Å². The molecule has 0 saturated heterocycles. The van der Waals surface area contributed by atoms with Gasteiger partial charge in [0.1, 0.15) is 0 Å². The first-order valence-corrected chi connectivity index (χ1v) is 19.7. The first-order valence-electron chi connectivity index (χ1n) is 18.6. The highest BCUT2D eigenvalue weighted by molar-refractivity contribution is 6.18. The van der Waals surface area contributed by atoms with Gasteiger partial charge in [0.25, 0.3) is 0 Å². The number of benzene rings is 4. The van der Waals surface area contributed by atoms with Gasteiger partial charge in [-0.05, 0) is 120 Å². The highest BCUT2D eigenvalue weighted by atomic mass is 35.5. The topological polar surface area (TPSA) is 54.6 Å². The number of alkyl halides is 2. The fourth-order valence-electron chi connectivity index (χ4n) is 7.59. The van der Waals surface area contributed by atoms with E-state index in [0.717, 1.165) is 104 Å². The molecule has 0 fully saturated rings. The van der Waals surface area contributed by atoms with Crippen molar-refractivity contribution in [3.05, 3.63) is 117 Å². The average molecular weight is 712 g/mol. The molecule has 50 heavy (non-hydrogen) atoms. The quantitative estimate of drug-likeness (QED) is 0.151. The number of fused-ring (bicyclic) bond motifs is 6. The van der Waals surface area contributed by atoms with Crippen LogP contribution in [-0.4, -0.2) is 60.8 Å². The van der Waals surface area contributed by atoms with Crippen LogP contribution in [0.25, 0.3) is 0 Å². The molecule has 8 heteroatoms. The minimum Gasteiger partial charge on any atom is -0.381 e. The van der Waals surface area contributed by atoms with Gasteiger partial charge >= 0.3 is 0 Å². The third-order valence-electron chi connectivity index (χ3n) is 10.6. The first kappa shape index (κ1) is 35.0. The van der Waals surface area contributed by atoms with Crippen molar-refractivity contribution in [1.29, 1.82) is 0 Å². The summed E-state index contributed by atoms with van der Waals surface area (Å²) in [6, 6.07) is 27.9.